The molecule has 0 aromatic rings. The summed E-state index contributed by atoms with van der Waals surface area (Å²) >= 11 is 0. The lowest BCUT2D eigenvalue weighted by Crippen LogP contribution is -2.28. The van der Waals surface area contributed by atoms with Crippen LogP contribution in [0.15, 0.2) is 0 Å². The van der Waals surface area contributed by atoms with Crippen LogP contribution in [0, 0.1) is 0 Å². The highest BCUT2D eigenvalue weighted by Crippen LogP contribution is 2.33. The molecule has 0 aromatic heterocycles. The summed E-state index contributed by atoms with van der Waals surface area (Å²) < 4.78 is 0. The van der Waals surface area contributed by atoms with Crippen molar-refractivity contribution in [3.63, 3.8) is 0 Å². The van der Waals surface area contributed by atoms with Crippen LogP contribution in [0.3, 0.4) is 0 Å². The summed E-state index contributed by atoms with van der Waals surface area (Å²) in [5.74, 6) is 0. The average molecular weight is 297 g/mol. The Kier molecular flexibility index (Phi) is 9.93. The predicted molar refractivity (Wildman–Crippen MR) is 96.4 cm³/mol. The molecule has 0 saturated heterocycles. The van der Waals surface area contributed by atoms with E-state index in [1.165, 1.54) is 96.3 Å². The van der Waals surface area contributed by atoms with E-state index in [4.69, 9.17) is 0 Å². The highest BCUT2D eigenvalue weighted by Gasteiger charge is 2.25. The van der Waals surface area contributed by atoms with Crippen molar-refractivity contribution in [3.8, 4) is 0 Å². The Hall–Kier alpha value is 0.217. The maximum absolute atomic E-state index is 2.59. The smallest absolute Gasteiger partial charge is 0.0473 e. The zero-order valence-corrected chi connectivity index (χ0v) is 15.7. The Morgan fingerprint density at radius 2 is 0.700 bits per heavy atom. The van der Waals surface area contributed by atoms with Gasteiger partial charge in [-0.05, 0) is 5.54 Å². The molecule has 20 heavy (non-hydrogen) atoms. The van der Waals surface area contributed by atoms with Crippen LogP contribution in [0.25, 0.3) is 0 Å². The van der Waals surface area contributed by atoms with Crippen LogP contribution >= 0.6 is 0 Å². The molecular weight excluding hydrogens is 256 g/mol. The summed E-state index contributed by atoms with van der Waals surface area (Å²) in [5.41, 5.74) is 1.09. The van der Waals surface area contributed by atoms with Gasteiger partial charge in [0.05, 0.1) is 0 Å². The molecule has 1 fully saturated rings. The molecule has 120 valence electrons. The second-order valence-corrected chi connectivity index (χ2v) is 13.8. The fraction of sp³-hybridized carbons (Fsp3) is 1.00. The molecule has 1 rings (SSSR count). The lowest BCUT2D eigenvalue weighted by atomic mass is 10.0. The summed E-state index contributed by atoms with van der Waals surface area (Å²) in [6, 6.07) is 0. The number of rotatable bonds is 1. The van der Waals surface area contributed by atoms with Gasteiger partial charge in [-0.2, -0.15) is 0 Å². The molecule has 1 heteroatoms. The third-order valence-corrected chi connectivity index (χ3v) is 8.36. The van der Waals surface area contributed by atoms with Gasteiger partial charge in [-0.25, -0.2) is 0 Å². The molecule has 0 radical (unpaired) electrons. The van der Waals surface area contributed by atoms with E-state index in [9.17, 15) is 0 Å². The van der Waals surface area contributed by atoms with Gasteiger partial charge >= 0.3 is 0 Å². The normalized spacial score (nSPS) is 23.6. The van der Waals surface area contributed by atoms with Gasteiger partial charge in [-0.15, -0.1) is 0 Å². The van der Waals surface area contributed by atoms with Crippen molar-refractivity contribution in [1.82, 2.24) is 0 Å². The van der Waals surface area contributed by atoms with Crippen LogP contribution in [-0.4, -0.2) is 8.07 Å². The zero-order valence-electron chi connectivity index (χ0n) is 14.7. The van der Waals surface area contributed by atoms with Gasteiger partial charge in [0.25, 0.3) is 0 Å². The SMILES string of the molecule is C[Si](C)(C)C1CCCCCCCCCCCCCCC1. The van der Waals surface area contributed by atoms with Crippen LogP contribution in [0.1, 0.15) is 96.3 Å². The molecular formula is C19H40Si. The van der Waals surface area contributed by atoms with E-state index < -0.39 is 8.07 Å². The molecule has 1 aliphatic carbocycles. The first kappa shape index (κ1) is 18.3. The summed E-state index contributed by atoms with van der Waals surface area (Å²) in [6.07, 6.45) is 22.6. The molecule has 0 spiro atoms. The van der Waals surface area contributed by atoms with Gasteiger partial charge in [0, 0.05) is 8.07 Å². The van der Waals surface area contributed by atoms with E-state index >= 15 is 0 Å². The molecule has 0 amide bonds. The van der Waals surface area contributed by atoms with Gasteiger partial charge in [0.1, 0.15) is 0 Å². The average Bonchev–Trinajstić information content (AvgIpc) is 2.37. The highest BCUT2D eigenvalue weighted by molar-refractivity contribution is 6.77. The Bertz CT molecular complexity index is 200. The standard InChI is InChI=1S/C19H40Si/c1-20(2,3)19-17-15-13-11-9-7-5-4-6-8-10-12-14-16-18-19/h19H,4-18H2,1-3H3. The van der Waals surface area contributed by atoms with Crippen molar-refractivity contribution in [2.24, 2.45) is 0 Å². The molecule has 0 aliphatic heterocycles. The molecule has 0 bridgehead atoms. The molecule has 0 N–H and O–H groups in total. The van der Waals surface area contributed by atoms with E-state index in [-0.39, 0.29) is 0 Å². The first-order chi connectivity index (χ1) is 9.61. The molecule has 0 atom stereocenters. The maximum Gasteiger partial charge on any atom is 0.0473 e. The zero-order chi connectivity index (χ0) is 14.7. The van der Waals surface area contributed by atoms with E-state index in [0.29, 0.717) is 0 Å². The quantitative estimate of drug-likeness (QED) is 0.438. The second kappa shape index (κ2) is 10.9. The van der Waals surface area contributed by atoms with Crippen molar-refractivity contribution in [2.45, 2.75) is 121 Å². The van der Waals surface area contributed by atoms with Gasteiger partial charge in [0.2, 0.25) is 0 Å². The summed E-state index contributed by atoms with van der Waals surface area (Å²) in [4.78, 5) is 0. The summed E-state index contributed by atoms with van der Waals surface area (Å²) in [6.45, 7) is 7.78. The lowest BCUT2D eigenvalue weighted by molar-refractivity contribution is 0.499. The minimum absolute atomic E-state index is 0.919. The summed E-state index contributed by atoms with van der Waals surface area (Å²) in [5, 5.41) is 0. The summed E-state index contributed by atoms with van der Waals surface area (Å²) in [7, 11) is -0.919. The Balaban J connectivity index is 2.32. The lowest BCUT2D eigenvalue weighted by Gasteiger charge is -2.29. The fourth-order valence-electron chi connectivity index (χ4n) is 3.74. The minimum atomic E-state index is -0.919. The Labute approximate surface area is 130 Å². The molecule has 0 heterocycles. The van der Waals surface area contributed by atoms with Crippen molar-refractivity contribution < 1.29 is 0 Å². The minimum Gasteiger partial charge on any atom is -0.0693 e. The first-order valence-electron chi connectivity index (χ1n) is 9.61. The maximum atomic E-state index is 2.59. The van der Waals surface area contributed by atoms with Crippen molar-refractivity contribution >= 4 is 8.07 Å². The van der Waals surface area contributed by atoms with Crippen molar-refractivity contribution in [2.75, 3.05) is 0 Å². The highest BCUT2D eigenvalue weighted by atomic mass is 28.3. The van der Waals surface area contributed by atoms with Gasteiger partial charge in [-0.1, -0.05) is 116 Å². The number of hydrogen-bond acceptors (Lipinski definition) is 0. The van der Waals surface area contributed by atoms with E-state index in [2.05, 4.69) is 19.6 Å². The second-order valence-electron chi connectivity index (χ2n) is 8.24. The largest absolute Gasteiger partial charge is 0.0693 e. The predicted octanol–water partition coefficient (Wildman–Crippen LogP) is 7.56. The van der Waals surface area contributed by atoms with E-state index in [1.807, 2.05) is 0 Å². The van der Waals surface area contributed by atoms with Crippen molar-refractivity contribution in [3.05, 3.63) is 0 Å². The molecule has 1 saturated carbocycles. The Morgan fingerprint density at radius 3 is 0.950 bits per heavy atom. The van der Waals surface area contributed by atoms with Crippen LogP contribution < -0.4 is 0 Å². The van der Waals surface area contributed by atoms with Crippen LogP contribution in [0.4, 0.5) is 0 Å². The van der Waals surface area contributed by atoms with Gasteiger partial charge in [0.15, 0.2) is 0 Å². The Morgan fingerprint density at radius 1 is 0.450 bits per heavy atom. The fourth-order valence-corrected chi connectivity index (χ4v) is 5.88. The third-order valence-electron chi connectivity index (χ3n) is 5.33. The van der Waals surface area contributed by atoms with E-state index in [0.717, 1.165) is 5.54 Å². The topological polar surface area (TPSA) is 0 Å². The van der Waals surface area contributed by atoms with Crippen LogP contribution in [0.5, 0.6) is 0 Å². The molecule has 0 nitrogen and oxygen atoms in total. The van der Waals surface area contributed by atoms with Gasteiger partial charge in [-0.3, -0.25) is 0 Å². The third kappa shape index (κ3) is 9.21. The monoisotopic (exact) mass is 296 g/mol. The van der Waals surface area contributed by atoms with Gasteiger partial charge < -0.3 is 0 Å². The molecule has 1 aliphatic rings. The number of hydrogen-bond donors (Lipinski definition) is 0. The van der Waals surface area contributed by atoms with Crippen LogP contribution in [-0.2, 0) is 0 Å². The van der Waals surface area contributed by atoms with Crippen LogP contribution in [0.2, 0.25) is 25.2 Å². The van der Waals surface area contributed by atoms with E-state index in [1.54, 1.807) is 0 Å². The molecule has 0 unspecified atom stereocenters. The van der Waals surface area contributed by atoms with Crippen molar-refractivity contribution in [1.29, 1.82) is 0 Å². The molecule has 0 aromatic carbocycles. The first-order valence-corrected chi connectivity index (χ1v) is 13.2.